The van der Waals surface area contributed by atoms with Crippen LogP contribution in [0.5, 0.6) is 0 Å². The van der Waals surface area contributed by atoms with E-state index in [2.05, 4.69) is 21.3 Å². The van der Waals surface area contributed by atoms with Crippen molar-refractivity contribution in [1.82, 2.24) is 40.2 Å². The van der Waals surface area contributed by atoms with Gasteiger partial charge >= 0.3 is 0 Å². The summed E-state index contributed by atoms with van der Waals surface area (Å²) in [7, 11) is 3.40. The Labute approximate surface area is 422 Å². The van der Waals surface area contributed by atoms with Crippen molar-refractivity contribution in [3.8, 4) is 22.5 Å². The van der Waals surface area contributed by atoms with Crippen LogP contribution < -0.4 is 21.3 Å². The van der Waals surface area contributed by atoms with E-state index in [1.807, 2.05) is 84.7 Å². The summed E-state index contributed by atoms with van der Waals surface area (Å²) in [5, 5.41) is 34.6. The number of likely N-dealkylation sites (N-methyl/N-ethyl adjacent to an activating group) is 2. The molecule has 390 valence electrons. The Bertz CT molecular complexity index is 2590. The van der Waals surface area contributed by atoms with Crippen LogP contribution in [0, 0.1) is 22.5 Å². The van der Waals surface area contributed by atoms with Gasteiger partial charge in [0.05, 0.1) is 47.7 Å². The van der Waals surface area contributed by atoms with Crippen molar-refractivity contribution in [2.24, 2.45) is 10.8 Å². The Morgan fingerprint density at radius 3 is 1.29 bits per heavy atom. The second-order valence-corrected chi connectivity index (χ2v) is 22.0. The van der Waals surface area contributed by atoms with E-state index in [0.717, 1.165) is 70.1 Å². The van der Waals surface area contributed by atoms with Gasteiger partial charge < -0.3 is 50.4 Å². The maximum atomic E-state index is 15.2. The molecule has 5 aromatic rings. The molecule has 6 atom stereocenters. The first-order valence-electron chi connectivity index (χ1n) is 25.6. The molecule has 2 aliphatic rings. The molecule has 0 bridgehead atoms. The highest BCUT2D eigenvalue weighted by Gasteiger charge is 2.42. The largest absolute Gasteiger partial charge is 0.395 e. The number of carbonyl (C=O) groups is 4. The number of rotatable bonds is 18. The van der Waals surface area contributed by atoms with Crippen LogP contribution in [0.4, 0.5) is 8.78 Å². The minimum atomic E-state index is -0.779. The molecule has 2 aliphatic heterocycles. The Morgan fingerprint density at radius 2 is 0.972 bits per heavy atom. The number of halogens is 2. The molecule has 0 radical (unpaired) electrons. The summed E-state index contributed by atoms with van der Waals surface area (Å²) in [4.78, 5) is 59.3. The van der Waals surface area contributed by atoms with Gasteiger partial charge in [-0.1, -0.05) is 65.8 Å². The molecular formula is C56H76F2N8O6. The molecule has 0 spiro atoms. The van der Waals surface area contributed by atoms with Gasteiger partial charge in [-0.15, -0.1) is 0 Å². The van der Waals surface area contributed by atoms with Gasteiger partial charge in [-0.25, -0.2) is 8.78 Å². The molecule has 2 aromatic heterocycles. The number of carbonyl (C=O) groups excluding carboxylic acids is 4. The van der Waals surface area contributed by atoms with Crippen LogP contribution in [0.25, 0.3) is 44.3 Å². The third-order valence-corrected chi connectivity index (χ3v) is 15.0. The second-order valence-electron chi connectivity index (χ2n) is 22.0. The lowest BCUT2D eigenvalue weighted by molar-refractivity contribution is -0.140. The molecule has 14 nitrogen and oxygen atoms in total. The highest BCUT2D eigenvalue weighted by Crippen LogP contribution is 2.41. The molecule has 0 aliphatic carbocycles. The van der Waals surface area contributed by atoms with Crippen molar-refractivity contribution >= 4 is 45.4 Å². The fraction of sp³-hybridized carbons (Fsp3) is 0.536. The summed E-state index contributed by atoms with van der Waals surface area (Å²) >= 11 is 0. The van der Waals surface area contributed by atoms with Gasteiger partial charge in [-0.3, -0.25) is 19.2 Å². The van der Waals surface area contributed by atoms with Crippen LogP contribution in [0.15, 0.2) is 60.7 Å². The zero-order chi connectivity index (χ0) is 52.4. The summed E-state index contributed by atoms with van der Waals surface area (Å²) < 4.78 is 34.3. The number of fused-ring (bicyclic) bond motifs is 2. The second kappa shape index (κ2) is 22.2. The first kappa shape index (κ1) is 54.1. The van der Waals surface area contributed by atoms with Crippen LogP contribution in [0.2, 0.25) is 0 Å². The van der Waals surface area contributed by atoms with Gasteiger partial charge in [0, 0.05) is 49.0 Å². The third-order valence-electron chi connectivity index (χ3n) is 15.0. The molecule has 7 rings (SSSR count). The van der Waals surface area contributed by atoms with Gasteiger partial charge in [-0.2, -0.15) is 0 Å². The first-order chi connectivity index (χ1) is 34.1. The van der Waals surface area contributed by atoms with Gasteiger partial charge in [0.2, 0.25) is 23.6 Å². The molecule has 2 fully saturated rings. The molecule has 4 amide bonds. The normalized spacial score (nSPS) is 18.2. The fourth-order valence-electron chi connectivity index (χ4n) is 10.9. The highest BCUT2D eigenvalue weighted by molar-refractivity contribution is 5.96. The number of hydrogen-bond acceptors (Lipinski definition) is 8. The number of nitrogens with one attached hydrogen (secondary N) is 4. The molecule has 0 unspecified atom stereocenters. The number of amides is 4. The third kappa shape index (κ3) is 11.1. The number of benzene rings is 3. The minimum absolute atomic E-state index is 0.156. The van der Waals surface area contributed by atoms with Crippen molar-refractivity contribution in [3.63, 3.8) is 0 Å². The minimum Gasteiger partial charge on any atom is -0.395 e. The zero-order valence-corrected chi connectivity index (χ0v) is 43.8. The predicted octanol–water partition coefficient (Wildman–Crippen LogP) is 6.54. The molecular weight excluding hydrogens is 919 g/mol. The summed E-state index contributed by atoms with van der Waals surface area (Å²) in [6.45, 7) is 16.1. The van der Waals surface area contributed by atoms with Gasteiger partial charge in [0.25, 0.3) is 0 Å². The number of aromatic nitrogens is 2. The van der Waals surface area contributed by atoms with Crippen molar-refractivity contribution in [2.45, 2.75) is 143 Å². The number of nitrogens with zero attached hydrogens (tertiary/aromatic N) is 4. The van der Waals surface area contributed by atoms with E-state index < -0.39 is 46.6 Å². The van der Waals surface area contributed by atoms with Crippen LogP contribution in [0.1, 0.15) is 92.2 Å². The number of likely N-dealkylation sites (tertiary alicyclic amines) is 2. The maximum Gasteiger partial charge on any atom is 0.245 e. The monoisotopic (exact) mass is 995 g/mol. The lowest BCUT2D eigenvalue weighted by atomic mass is 9.85. The smallest absolute Gasteiger partial charge is 0.245 e. The number of aliphatic hydroxyl groups is 2. The van der Waals surface area contributed by atoms with E-state index in [0.29, 0.717) is 37.0 Å². The van der Waals surface area contributed by atoms with E-state index in [1.54, 1.807) is 40.1 Å². The average Bonchev–Trinajstić information content (AvgIpc) is 4.13. The van der Waals surface area contributed by atoms with Crippen LogP contribution >= 0.6 is 0 Å². The Morgan fingerprint density at radius 1 is 0.611 bits per heavy atom. The number of aliphatic hydroxyl groups excluding tert-OH is 2. The quantitative estimate of drug-likeness (QED) is 0.0575. The molecule has 4 heterocycles. The average molecular weight is 995 g/mol. The lowest BCUT2D eigenvalue weighted by Crippen LogP contribution is -2.58. The first-order valence-corrected chi connectivity index (χ1v) is 25.6. The zero-order valence-electron chi connectivity index (χ0n) is 43.8. The SMILES string of the molecule is CN[C@@H](C)C(=O)N[C@H](C(=O)N1CCC[C@H]1Cc1c(-c2ccc(-c3c(C[C@@H]4CCCN4C(=O)[C@@H](NC(=O)[C@H](C)NC)C(C)(C)C)c4ccc(F)cc4n3CCO)cc2)n(CCO)c2cc(F)ccc12)C(C)(C)C. The van der Waals surface area contributed by atoms with E-state index in [-0.39, 0.29) is 62.0 Å². The Hall–Kier alpha value is -5.68. The van der Waals surface area contributed by atoms with Crippen molar-refractivity contribution in [3.05, 3.63) is 83.4 Å². The van der Waals surface area contributed by atoms with E-state index in [4.69, 9.17) is 0 Å². The summed E-state index contributed by atoms with van der Waals surface area (Å²) in [5.41, 5.74) is 5.01. The molecule has 3 aromatic carbocycles. The van der Waals surface area contributed by atoms with Crippen molar-refractivity contribution in [2.75, 3.05) is 40.4 Å². The number of hydrogen-bond donors (Lipinski definition) is 6. The summed E-state index contributed by atoms with van der Waals surface area (Å²) in [5.74, 6) is -1.68. The lowest BCUT2D eigenvalue weighted by Gasteiger charge is -2.36. The van der Waals surface area contributed by atoms with Crippen LogP contribution in [-0.2, 0) is 45.1 Å². The topological polar surface area (TPSA) is 173 Å². The van der Waals surface area contributed by atoms with Gasteiger partial charge in [-0.05, 0) is 136 Å². The maximum absolute atomic E-state index is 15.2. The summed E-state index contributed by atoms with van der Waals surface area (Å²) in [6.07, 6.45) is 3.86. The van der Waals surface area contributed by atoms with E-state index in [1.165, 1.54) is 24.3 Å². The molecule has 0 saturated carbocycles. The fourth-order valence-corrected chi connectivity index (χ4v) is 10.9. The van der Waals surface area contributed by atoms with Crippen molar-refractivity contribution in [1.29, 1.82) is 0 Å². The molecule has 6 N–H and O–H groups in total. The molecule has 2 saturated heterocycles. The summed E-state index contributed by atoms with van der Waals surface area (Å²) in [6, 6.07) is 14.3. The Balaban J connectivity index is 1.30. The van der Waals surface area contributed by atoms with Gasteiger partial charge in [0.15, 0.2) is 0 Å². The molecule has 72 heavy (non-hydrogen) atoms. The van der Waals surface area contributed by atoms with E-state index >= 15 is 8.78 Å². The standard InChI is InChI=1S/C56H76F2N8O6/c1-33(59-9)51(69)61-49(55(3,4)5)53(71)63-23-11-13-39(63)31-43-41-21-19-37(57)29-45(41)65(25-27-67)47(43)35-15-17-36(18-16-35)48-44(42-22-20-38(58)30-46(42)66(48)26-28-68)32-40-14-12-24-64(40)54(72)50(56(6,7)8)62-52(70)34(2)60-10/h15-22,29-30,33-34,39-40,49-50,59-60,67-68H,11-14,23-28,31-32H2,1-10H3,(H,61,69)(H,62,70)/t33-,34-,39-,40-,49+,50+/m0/s1. The Kier molecular flexibility index (Phi) is 16.7. The molecule has 16 heteroatoms. The van der Waals surface area contributed by atoms with Gasteiger partial charge in [0.1, 0.15) is 23.7 Å². The highest BCUT2D eigenvalue weighted by atomic mass is 19.1. The van der Waals surface area contributed by atoms with Crippen molar-refractivity contribution < 1.29 is 38.2 Å². The van der Waals surface area contributed by atoms with Crippen LogP contribution in [-0.4, -0.2) is 129 Å². The van der Waals surface area contributed by atoms with Crippen LogP contribution in [0.3, 0.4) is 0 Å². The predicted molar refractivity (Wildman–Crippen MR) is 279 cm³/mol. The van der Waals surface area contributed by atoms with E-state index in [9.17, 15) is 29.4 Å².